The first-order valence-corrected chi connectivity index (χ1v) is 2.15. The fourth-order valence-electron chi connectivity index (χ4n) is 0. The molecule has 1 unspecified atom stereocenters. The van der Waals surface area contributed by atoms with Crippen molar-refractivity contribution in [1.29, 1.82) is 0 Å². The minimum Gasteiger partial charge on any atom is -0.394 e. The summed E-state index contributed by atoms with van der Waals surface area (Å²) in [7, 11) is 1.18. The highest BCUT2D eigenvalue weighted by atomic mass is 17.1. The minimum absolute atomic E-state index is 0.139. The second kappa shape index (κ2) is 9.96. The minimum atomic E-state index is -0.560. The maximum Gasteiger partial charge on any atom is 0.0742 e. The zero-order valence-electron chi connectivity index (χ0n) is 5.03. The van der Waals surface area contributed by atoms with E-state index in [2.05, 4.69) is 4.89 Å². The Balaban J connectivity index is 0. The van der Waals surface area contributed by atoms with E-state index in [1.54, 1.807) is 0 Å². The largest absolute Gasteiger partial charge is 0.394 e. The molecule has 0 aromatic carbocycles. The predicted molar refractivity (Wildman–Crippen MR) is 28.4 cm³/mol. The lowest BCUT2D eigenvalue weighted by atomic mass is 10.5. The van der Waals surface area contributed by atoms with Crippen LogP contribution in [0, 0.1) is 0 Å². The topological polar surface area (TPSA) is 69.9 Å². The molecule has 0 aromatic heterocycles. The molecule has 0 rings (SSSR count). The van der Waals surface area contributed by atoms with Crippen molar-refractivity contribution in [3.8, 4) is 0 Å². The molecule has 52 valence electrons. The molecule has 0 saturated heterocycles. The number of aliphatic hydroxyl groups is 2. The van der Waals surface area contributed by atoms with Crippen molar-refractivity contribution in [3.63, 3.8) is 0 Å². The van der Waals surface area contributed by atoms with Crippen LogP contribution < -0.4 is 0 Å². The predicted octanol–water partition coefficient (Wildman–Crippen LogP) is -0.535. The molecule has 0 aliphatic rings. The van der Waals surface area contributed by atoms with Crippen molar-refractivity contribution in [3.05, 3.63) is 0 Å². The highest BCUT2D eigenvalue weighted by Gasteiger charge is 1.83. The number of aliphatic hydroxyl groups excluding tert-OH is 2. The van der Waals surface area contributed by atoms with Crippen molar-refractivity contribution in [2.45, 2.75) is 13.0 Å². The van der Waals surface area contributed by atoms with E-state index in [1.165, 1.54) is 14.0 Å². The third-order valence-corrected chi connectivity index (χ3v) is 0.264. The first-order chi connectivity index (χ1) is 3.68. The quantitative estimate of drug-likeness (QED) is 0.324. The molecule has 0 saturated carbocycles. The zero-order chi connectivity index (χ0) is 6.99. The molecule has 0 fully saturated rings. The molecular weight excluding hydrogens is 112 g/mol. The number of rotatable bonds is 1. The van der Waals surface area contributed by atoms with E-state index in [-0.39, 0.29) is 6.61 Å². The van der Waals surface area contributed by atoms with Crippen LogP contribution in [-0.4, -0.2) is 35.3 Å². The maximum absolute atomic E-state index is 8.11. The summed E-state index contributed by atoms with van der Waals surface area (Å²) in [4.78, 5) is 3.25. The molecule has 0 heterocycles. The molecule has 4 nitrogen and oxygen atoms in total. The molecule has 4 heteroatoms. The molecule has 0 aliphatic heterocycles. The third kappa shape index (κ3) is 40.4. The Hall–Kier alpha value is -0.160. The average Bonchev–Trinajstić information content (AvgIpc) is 1.69. The van der Waals surface area contributed by atoms with Gasteiger partial charge in [0.1, 0.15) is 0 Å². The molecule has 8 heavy (non-hydrogen) atoms. The van der Waals surface area contributed by atoms with Crippen LogP contribution >= 0.6 is 0 Å². The summed E-state index contributed by atoms with van der Waals surface area (Å²) in [6.07, 6.45) is -0.560. The molecular formula is C4H12O4. The van der Waals surface area contributed by atoms with E-state index < -0.39 is 6.10 Å². The van der Waals surface area contributed by atoms with Gasteiger partial charge in [0.2, 0.25) is 0 Å². The molecule has 0 bridgehead atoms. The van der Waals surface area contributed by atoms with Crippen LogP contribution in [0.4, 0.5) is 0 Å². The summed E-state index contributed by atoms with van der Waals surface area (Å²) in [6.45, 7) is 1.39. The van der Waals surface area contributed by atoms with Gasteiger partial charge in [-0.25, -0.2) is 4.89 Å². The van der Waals surface area contributed by atoms with Crippen LogP contribution in [0.1, 0.15) is 6.92 Å². The van der Waals surface area contributed by atoms with Crippen LogP contribution in [0.3, 0.4) is 0 Å². The SMILES string of the molecule is CC(O)CO.COO. The zero-order valence-corrected chi connectivity index (χ0v) is 5.03. The molecule has 0 aromatic rings. The molecule has 0 aliphatic carbocycles. The van der Waals surface area contributed by atoms with Gasteiger partial charge in [-0.05, 0) is 6.92 Å². The summed E-state index contributed by atoms with van der Waals surface area (Å²) < 4.78 is 0. The number of hydrogen-bond donors (Lipinski definition) is 3. The standard InChI is InChI=1S/C3H8O2.CH4O2/c1-3(5)2-4;1-3-2/h3-5H,2H2,1H3;2H,1H3. The summed E-state index contributed by atoms with van der Waals surface area (Å²) >= 11 is 0. The summed E-state index contributed by atoms with van der Waals surface area (Å²) in [5.41, 5.74) is 0. The van der Waals surface area contributed by atoms with E-state index in [9.17, 15) is 0 Å². The van der Waals surface area contributed by atoms with E-state index >= 15 is 0 Å². The van der Waals surface area contributed by atoms with Crippen molar-refractivity contribution in [1.82, 2.24) is 0 Å². The fourth-order valence-corrected chi connectivity index (χ4v) is 0. The van der Waals surface area contributed by atoms with Gasteiger partial charge >= 0.3 is 0 Å². The van der Waals surface area contributed by atoms with Gasteiger partial charge in [0.15, 0.2) is 0 Å². The van der Waals surface area contributed by atoms with Crippen molar-refractivity contribution in [2.75, 3.05) is 13.7 Å². The second-order valence-electron chi connectivity index (χ2n) is 1.21. The van der Waals surface area contributed by atoms with Crippen molar-refractivity contribution >= 4 is 0 Å². The lowest BCUT2D eigenvalue weighted by molar-refractivity contribution is -0.214. The van der Waals surface area contributed by atoms with Gasteiger partial charge in [0.05, 0.1) is 19.8 Å². The van der Waals surface area contributed by atoms with Crippen LogP contribution in [0.2, 0.25) is 0 Å². The third-order valence-electron chi connectivity index (χ3n) is 0.264. The van der Waals surface area contributed by atoms with Crippen LogP contribution in [0.5, 0.6) is 0 Å². The molecule has 3 N–H and O–H groups in total. The van der Waals surface area contributed by atoms with Gasteiger partial charge < -0.3 is 10.2 Å². The smallest absolute Gasteiger partial charge is 0.0742 e. The summed E-state index contributed by atoms with van der Waals surface area (Å²) in [5, 5.41) is 23.1. The van der Waals surface area contributed by atoms with Gasteiger partial charge in [-0.1, -0.05) is 0 Å². The second-order valence-corrected chi connectivity index (χ2v) is 1.21. The fraction of sp³-hybridized carbons (Fsp3) is 1.00. The Morgan fingerprint density at radius 2 is 1.75 bits per heavy atom. The van der Waals surface area contributed by atoms with Crippen LogP contribution in [0.25, 0.3) is 0 Å². The van der Waals surface area contributed by atoms with Crippen LogP contribution in [0.15, 0.2) is 0 Å². The normalized spacial score (nSPS) is 11.6. The lowest BCUT2D eigenvalue weighted by Gasteiger charge is -1.90. The Morgan fingerprint density at radius 3 is 1.75 bits per heavy atom. The first kappa shape index (κ1) is 10.8. The van der Waals surface area contributed by atoms with Gasteiger partial charge in [0, 0.05) is 0 Å². The Bertz CT molecular complexity index is 29.2. The monoisotopic (exact) mass is 124 g/mol. The van der Waals surface area contributed by atoms with Crippen molar-refractivity contribution < 1.29 is 20.4 Å². The average molecular weight is 124 g/mol. The molecule has 0 spiro atoms. The van der Waals surface area contributed by atoms with Crippen molar-refractivity contribution in [2.24, 2.45) is 0 Å². The van der Waals surface area contributed by atoms with E-state index in [4.69, 9.17) is 15.5 Å². The van der Waals surface area contributed by atoms with E-state index in [0.29, 0.717) is 0 Å². The first-order valence-electron chi connectivity index (χ1n) is 2.15. The van der Waals surface area contributed by atoms with E-state index in [1.807, 2.05) is 0 Å². The Labute approximate surface area is 48.3 Å². The van der Waals surface area contributed by atoms with Gasteiger partial charge in [0.25, 0.3) is 0 Å². The highest BCUT2D eigenvalue weighted by Crippen LogP contribution is 1.68. The van der Waals surface area contributed by atoms with Crippen LogP contribution in [-0.2, 0) is 4.89 Å². The molecule has 0 radical (unpaired) electrons. The molecule has 0 amide bonds. The van der Waals surface area contributed by atoms with Gasteiger partial charge in [-0.15, -0.1) is 0 Å². The van der Waals surface area contributed by atoms with Gasteiger partial charge in [-0.3, -0.25) is 5.26 Å². The summed E-state index contributed by atoms with van der Waals surface area (Å²) in [5.74, 6) is 0. The lowest BCUT2D eigenvalue weighted by Crippen LogP contribution is -2.03. The molecule has 1 atom stereocenters. The Kier molecular flexibility index (Phi) is 13.4. The van der Waals surface area contributed by atoms with Gasteiger partial charge in [-0.2, -0.15) is 0 Å². The highest BCUT2D eigenvalue weighted by molar-refractivity contribution is 4.33. The maximum atomic E-state index is 8.11. The van der Waals surface area contributed by atoms with E-state index in [0.717, 1.165) is 0 Å². The number of hydrogen-bond acceptors (Lipinski definition) is 4. The summed E-state index contributed by atoms with van der Waals surface area (Å²) in [6, 6.07) is 0. The Morgan fingerprint density at radius 1 is 1.62 bits per heavy atom.